The highest BCUT2D eigenvalue weighted by molar-refractivity contribution is 7.17. The molecule has 2 aliphatic rings. The molecule has 1 saturated heterocycles. The molecule has 3 heterocycles. The molecule has 3 aromatic rings. The maximum Gasteiger partial charge on any atom is 0.229 e. The SMILES string of the molecule is N#Cc1cc(Nc2nc(NC3CC3)c3sccc3n2)ccc1N1CCC(=O)CC1. The van der Waals surface area contributed by atoms with Crippen LogP contribution < -0.4 is 15.5 Å². The Kier molecular flexibility index (Phi) is 4.52. The number of nitrogens with zero attached hydrogens (tertiary/aromatic N) is 4. The number of anilines is 4. The van der Waals surface area contributed by atoms with Crippen LogP contribution in [0.2, 0.25) is 0 Å². The van der Waals surface area contributed by atoms with Crippen LogP contribution in [0.4, 0.5) is 23.1 Å². The zero-order valence-electron chi connectivity index (χ0n) is 15.8. The van der Waals surface area contributed by atoms with Crippen molar-refractivity contribution in [3.63, 3.8) is 0 Å². The normalized spacial score (nSPS) is 16.7. The summed E-state index contributed by atoms with van der Waals surface area (Å²) in [5, 5.41) is 18.4. The van der Waals surface area contributed by atoms with Crippen molar-refractivity contribution in [3.05, 3.63) is 35.2 Å². The Balaban J connectivity index is 1.41. The molecule has 0 radical (unpaired) electrons. The van der Waals surface area contributed by atoms with E-state index in [0.29, 0.717) is 43.5 Å². The van der Waals surface area contributed by atoms with Crippen LogP contribution in [-0.4, -0.2) is 34.9 Å². The number of nitrogens with one attached hydrogen (secondary N) is 2. The first-order chi connectivity index (χ1) is 14.2. The van der Waals surface area contributed by atoms with Crippen LogP contribution in [0.1, 0.15) is 31.2 Å². The lowest BCUT2D eigenvalue weighted by Gasteiger charge is -2.29. The van der Waals surface area contributed by atoms with Gasteiger partial charge in [-0.2, -0.15) is 10.2 Å². The lowest BCUT2D eigenvalue weighted by Crippen LogP contribution is -2.34. The number of ketones is 1. The lowest BCUT2D eigenvalue weighted by molar-refractivity contribution is -0.119. The van der Waals surface area contributed by atoms with Crippen molar-refractivity contribution >= 4 is 50.5 Å². The monoisotopic (exact) mass is 404 g/mol. The van der Waals surface area contributed by atoms with Crippen LogP contribution in [-0.2, 0) is 4.79 Å². The molecule has 0 unspecified atom stereocenters. The van der Waals surface area contributed by atoms with Gasteiger partial charge in [-0.25, -0.2) is 4.98 Å². The standard InChI is InChI=1S/C21H20N6OS/c22-12-13-11-15(3-4-18(13)27-8-5-16(28)6-9-27)24-21-25-17-7-10-29-19(17)20(26-21)23-14-1-2-14/h3-4,7,10-11,14H,1-2,5-6,8-9H2,(H2,23,24,25,26). The molecule has 0 atom stereocenters. The average Bonchev–Trinajstić information content (AvgIpc) is 3.42. The van der Waals surface area contributed by atoms with E-state index in [4.69, 9.17) is 0 Å². The van der Waals surface area contributed by atoms with Gasteiger partial charge in [0.15, 0.2) is 0 Å². The van der Waals surface area contributed by atoms with Crippen molar-refractivity contribution in [3.8, 4) is 6.07 Å². The minimum Gasteiger partial charge on any atom is -0.370 e. The molecular formula is C21H20N6OS. The third-order valence-electron chi connectivity index (χ3n) is 5.26. The average molecular weight is 404 g/mol. The summed E-state index contributed by atoms with van der Waals surface area (Å²) < 4.78 is 1.06. The van der Waals surface area contributed by atoms with Gasteiger partial charge < -0.3 is 15.5 Å². The zero-order chi connectivity index (χ0) is 19.8. The predicted octanol–water partition coefficient (Wildman–Crippen LogP) is 4.05. The molecule has 0 bridgehead atoms. The molecule has 29 heavy (non-hydrogen) atoms. The highest BCUT2D eigenvalue weighted by atomic mass is 32.1. The molecule has 2 N–H and O–H groups in total. The van der Waals surface area contributed by atoms with Crippen molar-refractivity contribution in [2.24, 2.45) is 0 Å². The minimum atomic E-state index is 0.287. The molecule has 146 valence electrons. The molecule has 8 heteroatoms. The molecule has 2 aromatic heterocycles. The summed E-state index contributed by atoms with van der Waals surface area (Å²) in [6.45, 7) is 1.32. The third-order valence-corrected chi connectivity index (χ3v) is 6.17. The van der Waals surface area contributed by atoms with Gasteiger partial charge in [0.1, 0.15) is 17.7 Å². The van der Waals surface area contributed by atoms with E-state index in [-0.39, 0.29) is 5.78 Å². The van der Waals surface area contributed by atoms with Gasteiger partial charge in [0.2, 0.25) is 5.95 Å². The molecule has 1 saturated carbocycles. The van der Waals surface area contributed by atoms with Crippen LogP contribution >= 0.6 is 11.3 Å². The number of thiophene rings is 1. The molecule has 1 aliphatic carbocycles. The first kappa shape index (κ1) is 17.9. The number of aromatic nitrogens is 2. The topological polar surface area (TPSA) is 93.9 Å². The van der Waals surface area contributed by atoms with E-state index in [1.807, 2.05) is 29.6 Å². The predicted molar refractivity (Wildman–Crippen MR) is 115 cm³/mol. The molecule has 1 aliphatic heterocycles. The molecule has 0 amide bonds. The first-order valence-corrected chi connectivity index (χ1v) is 10.7. The summed E-state index contributed by atoms with van der Waals surface area (Å²) >= 11 is 1.63. The summed E-state index contributed by atoms with van der Waals surface area (Å²) in [4.78, 5) is 22.9. The number of rotatable bonds is 5. The van der Waals surface area contributed by atoms with Crippen molar-refractivity contribution in [1.82, 2.24) is 9.97 Å². The van der Waals surface area contributed by atoms with E-state index < -0.39 is 0 Å². The number of Topliss-reactive ketones (excluding diaryl/α,β-unsaturated/α-hetero) is 1. The number of nitriles is 1. The number of carbonyl (C=O) groups is 1. The summed E-state index contributed by atoms with van der Waals surface area (Å²) in [6.07, 6.45) is 3.43. The quantitative estimate of drug-likeness (QED) is 0.662. The van der Waals surface area contributed by atoms with Gasteiger partial charge in [-0.05, 0) is 42.5 Å². The van der Waals surface area contributed by atoms with Crippen LogP contribution in [0.15, 0.2) is 29.6 Å². The van der Waals surface area contributed by atoms with Crippen molar-refractivity contribution in [1.29, 1.82) is 5.26 Å². The van der Waals surface area contributed by atoms with Gasteiger partial charge in [-0.1, -0.05) is 0 Å². The number of piperidine rings is 1. The minimum absolute atomic E-state index is 0.287. The van der Waals surface area contributed by atoms with E-state index in [1.54, 1.807) is 11.3 Å². The second-order valence-electron chi connectivity index (χ2n) is 7.44. The number of fused-ring (bicyclic) bond motifs is 1. The summed E-state index contributed by atoms with van der Waals surface area (Å²) in [6, 6.07) is 10.5. The highest BCUT2D eigenvalue weighted by Crippen LogP contribution is 2.33. The number of carbonyl (C=O) groups excluding carboxylic acids is 1. The fourth-order valence-corrected chi connectivity index (χ4v) is 4.33. The van der Waals surface area contributed by atoms with Crippen LogP contribution in [0, 0.1) is 11.3 Å². The largest absolute Gasteiger partial charge is 0.370 e. The van der Waals surface area contributed by atoms with Crippen molar-refractivity contribution < 1.29 is 4.79 Å². The van der Waals surface area contributed by atoms with Crippen LogP contribution in [0.5, 0.6) is 0 Å². The highest BCUT2D eigenvalue weighted by Gasteiger charge is 2.23. The van der Waals surface area contributed by atoms with E-state index in [9.17, 15) is 10.1 Å². The maximum atomic E-state index is 11.5. The molecule has 7 nitrogen and oxygen atoms in total. The Morgan fingerprint density at radius 3 is 2.76 bits per heavy atom. The molecular weight excluding hydrogens is 384 g/mol. The second kappa shape index (κ2) is 7.33. The molecule has 0 spiro atoms. The van der Waals surface area contributed by atoms with Gasteiger partial charge in [0, 0.05) is 37.7 Å². The van der Waals surface area contributed by atoms with E-state index in [1.165, 1.54) is 12.8 Å². The van der Waals surface area contributed by atoms with Gasteiger partial charge in [-0.15, -0.1) is 11.3 Å². The Morgan fingerprint density at radius 2 is 2.00 bits per heavy atom. The fourth-order valence-electron chi connectivity index (χ4n) is 3.54. The zero-order valence-corrected chi connectivity index (χ0v) is 16.6. The van der Waals surface area contributed by atoms with Gasteiger partial charge in [0.25, 0.3) is 0 Å². The van der Waals surface area contributed by atoms with E-state index in [0.717, 1.165) is 27.4 Å². The Bertz CT molecular complexity index is 1120. The van der Waals surface area contributed by atoms with Crippen LogP contribution in [0.3, 0.4) is 0 Å². The molecule has 5 rings (SSSR count). The first-order valence-electron chi connectivity index (χ1n) is 9.79. The van der Waals surface area contributed by atoms with Gasteiger partial charge in [0.05, 0.1) is 21.5 Å². The van der Waals surface area contributed by atoms with Crippen LogP contribution in [0.25, 0.3) is 10.2 Å². The Hall–Kier alpha value is -3.18. The Morgan fingerprint density at radius 1 is 1.17 bits per heavy atom. The number of hydrogen-bond donors (Lipinski definition) is 2. The van der Waals surface area contributed by atoms with E-state index in [2.05, 4.69) is 31.6 Å². The number of hydrogen-bond acceptors (Lipinski definition) is 8. The van der Waals surface area contributed by atoms with E-state index >= 15 is 0 Å². The number of benzene rings is 1. The fraction of sp³-hybridized carbons (Fsp3) is 0.333. The summed E-state index contributed by atoms with van der Waals surface area (Å²) in [7, 11) is 0. The molecule has 2 fully saturated rings. The maximum absolute atomic E-state index is 11.5. The van der Waals surface area contributed by atoms with Gasteiger partial charge in [-0.3, -0.25) is 4.79 Å². The smallest absolute Gasteiger partial charge is 0.229 e. The lowest BCUT2D eigenvalue weighted by atomic mass is 10.1. The Labute approximate surface area is 172 Å². The summed E-state index contributed by atoms with van der Waals surface area (Å²) in [5.41, 5.74) is 3.13. The van der Waals surface area contributed by atoms with Gasteiger partial charge >= 0.3 is 0 Å². The second-order valence-corrected chi connectivity index (χ2v) is 8.36. The third kappa shape index (κ3) is 3.74. The van der Waals surface area contributed by atoms with Crippen molar-refractivity contribution in [2.75, 3.05) is 28.6 Å². The molecule has 1 aromatic carbocycles. The summed E-state index contributed by atoms with van der Waals surface area (Å²) in [5.74, 6) is 1.67. The van der Waals surface area contributed by atoms with Crippen molar-refractivity contribution in [2.45, 2.75) is 31.7 Å².